The summed E-state index contributed by atoms with van der Waals surface area (Å²) in [5.41, 5.74) is -4.86. The number of rotatable bonds is 3. The van der Waals surface area contributed by atoms with E-state index in [-0.39, 0.29) is 29.9 Å². The highest BCUT2D eigenvalue weighted by Crippen LogP contribution is 2.59. The van der Waals surface area contributed by atoms with Gasteiger partial charge < -0.3 is 19.7 Å². The summed E-state index contributed by atoms with van der Waals surface area (Å²) >= 11 is 0. The number of carbonyl (C=O) groups excluding carboxylic acids is 1. The van der Waals surface area contributed by atoms with Crippen LogP contribution in [0, 0.1) is 11.3 Å². The molecule has 182 valence electrons. The largest absolute Gasteiger partial charge is 0.494 e. The van der Waals surface area contributed by atoms with Gasteiger partial charge in [-0.1, -0.05) is 0 Å². The molecule has 0 spiro atoms. The van der Waals surface area contributed by atoms with Gasteiger partial charge in [0.25, 0.3) is 0 Å². The van der Waals surface area contributed by atoms with Gasteiger partial charge in [-0.05, 0) is 45.9 Å². The van der Waals surface area contributed by atoms with Crippen LogP contribution in [0.4, 0.5) is 13.2 Å². The third-order valence-electron chi connectivity index (χ3n) is 6.78. The van der Waals surface area contributed by atoms with Crippen LogP contribution in [-0.2, 0) is 31.6 Å². The van der Waals surface area contributed by atoms with Gasteiger partial charge in [0, 0.05) is 13.1 Å². The zero-order valence-corrected chi connectivity index (χ0v) is 19.2. The first-order valence-corrected chi connectivity index (χ1v) is 10.4. The number of halogens is 3. The van der Waals surface area contributed by atoms with E-state index in [1.54, 1.807) is 27.7 Å². The average Bonchev–Trinajstić information content (AvgIpc) is 3.11. The third kappa shape index (κ3) is 3.16. The van der Waals surface area contributed by atoms with Crippen LogP contribution in [0.3, 0.4) is 0 Å². The minimum absolute atomic E-state index is 0.149. The number of aromatic hydroxyl groups is 2. The Kier molecular flexibility index (Phi) is 5.02. The Bertz CT molecular complexity index is 1200. The number of hydrogen-bond acceptors (Lipinski definition) is 7. The molecular formula is C23H24F3N3O5. The van der Waals surface area contributed by atoms with E-state index in [2.05, 4.69) is 0 Å². The van der Waals surface area contributed by atoms with E-state index >= 15 is 0 Å². The van der Waals surface area contributed by atoms with Crippen molar-refractivity contribution in [1.29, 1.82) is 5.26 Å². The summed E-state index contributed by atoms with van der Waals surface area (Å²) in [7, 11) is 1.28. The van der Waals surface area contributed by atoms with Gasteiger partial charge >= 0.3 is 12.1 Å². The molecule has 34 heavy (non-hydrogen) atoms. The Morgan fingerprint density at radius 3 is 2.12 bits per heavy atom. The van der Waals surface area contributed by atoms with Crippen LogP contribution in [-0.4, -0.2) is 51.4 Å². The number of alkyl halides is 3. The molecule has 11 heteroatoms. The SMILES string of the molecule is COC(=O)C(C)(C)N1CC2(C)OC(C)(C1)c1c2c(O)n(-c2ccc(C#N)c(C(F)(F)F)c2)c1O. The van der Waals surface area contributed by atoms with Crippen molar-refractivity contribution in [3.05, 3.63) is 40.5 Å². The molecule has 1 saturated heterocycles. The first-order valence-electron chi connectivity index (χ1n) is 10.4. The number of esters is 1. The standard InChI is InChI=1S/C23H24F3N3O5/c1-20(2,19(32)33-5)28-10-21(3)15-16(22(4,11-28)34-21)18(31)29(17(15)30)13-7-6-12(9-27)14(8-13)23(24,25)26/h6-8,30-31H,10-11H2,1-5H3. The number of nitriles is 1. The van der Waals surface area contributed by atoms with Gasteiger partial charge in [-0.3, -0.25) is 14.3 Å². The number of aromatic nitrogens is 1. The van der Waals surface area contributed by atoms with Crippen LogP contribution in [0.2, 0.25) is 0 Å². The summed E-state index contributed by atoms with van der Waals surface area (Å²) in [5, 5.41) is 31.3. The van der Waals surface area contributed by atoms with Crippen LogP contribution >= 0.6 is 0 Å². The Hall–Kier alpha value is -3.23. The molecule has 1 fully saturated rings. The lowest BCUT2D eigenvalue weighted by molar-refractivity contribution is -0.207. The van der Waals surface area contributed by atoms with Crippen molar-refractivity contribution in [3.63, 3.8) is 0 Å². The van der Waals surface area contributed by atoms with Crippen molar-refractivity contribution in [1.82, 2.24) is 9.47 Å². The van der Waals surface area contributed by atoms with E-state index in [9.17, 15) is 28.2 Å². The van der Waals surface area contributed by atoms with Gasteiger partial charge in [-0.2, -0.15) is 18.4 Å². The summed E-state index contributed by atoms with van der Waals surface area (Å²) < 4.78 is 52.6. The van der Waals surface area contributed by atoms with Gasteiger partial charge in [0.05, 0.1) is 41.1 Å². The second-order valence-electron chi connectivity index (χ2n) is 9.54. The van der Waals surface area contributed by atoms with Gasteiger partial charge in [0.15, 0.2) is 0 Å². The molecule has 4 rings (SSSR count). The van der Waals surface area contributed by atoms with Crippen molar-refractivity contribution in [2.75, 3.05) is 20.2 Å². The van der Waals surface area contributed by atoms with Gasteiger partial charge in [0.1, 0.15) is 16.7 Å². The van der Waals surface area contributed by atoms with Gasteiger partial charge in [-0.25, -0.2) is 0 Å². The predicted octanol–water partition coefficient (Wildman–Crippen LogP) is 3.51. The van der Waals surface area contributed by atoms with E-state index in [0.717, 1.165) is 10.6 Å². The van der Waals surface area contributed by atoms with Crippen LogP contribution in [0.1, 0.15) is 49.9 Å². The first-order chi connectivity index (χ1) is 15.6. The number of ether oxygens (including phenoxy) is 2. The first kappa shape index (κ1) is 23.9. The number of benzene rings is 1. The monoisotopic (exact) mass is 479 g/mol. The highest BCUT2D eigenvalue weighted by Gasteiger charge is 2.61. The van der Waals surface area contributed by atoms with Crippen molar-refractivity contribution in [3.8, 4) is 23.5 Å². The second kappa shape index (κ2) is 7.13. The molecule has 1 aromatic carbocycles. The molecule has 0 amide bonds. The Labute approximate surface area is 193 Å². The zero-order chi connectivity index (χ0) is 25.4. The fraction of sp³-hybridized carbons (Fsp3) is 0.478. The highest BCUT2D eigenvalue weighted by molar-refractivity contribution is 5.80. The Morgan fingerprint density at radius 1 is 1.15 bits per heavy atom. The van der Waals surface area contributed by atoms with E-state index in [0.29, 0.717) is 6.07 Å². The lowest BCUT2D eigenvalue weighted by Gasteiger charge is -2.48. The maximum absolute atomic E-state index is 13.5. The number of carbonyl (C=O) groups is 1. The maximum Gasteiger partial charge on any atom is 0.417 e. The van der Waals surface area contributed by atoms with Crippen LogP contribution in [0.15, 0.2) is 18.2 Å². The summed E-state index contributed by atoms with van der Waals surface area (Å²) in [4.78, 5) is 14.2. The van der Waals surface area contributed by atoms with Crippen molar-refractivity contribution in [2.45, 2.75) is 50.6 Å². The Morgan fingerprint density at radius 2 is 1.68 bits per heavy atom. The Balaban J connectivity index is 1.87. The molecule has 2 aliphatic heterocycles. The van der Waals surface area contributed by atoms with Gasteiger partial charge in [-0.15, -0.1) is 0 Å². The minimum atomic E-state index is -4.81. The van der Waals surface area contributed by atoms with Gasteiger partial charge in [0.2, 0.25) is 11.8 Å². The number of methoxy groups -OCH3 is 1. The van der Waals surface area contributed by atoms with Crippen LogP contribution < -0.4 is 0 Å². The number of morpholine rings is 1. The molecule has 2 unspecified atom stereocenters. The smallest absolute Gasteiger partial charge is 0.417 e. The number of fused-ring (bicyclic) bond motifs is 5. The molecule has 8 nitrogen and oxygen atoms in total. The molecule has 0 aliphatic carbocycles. The van der Waals surface area contributed by atoms with Crippen molar-refractivity contribution >= 4 is 5.97 Å². The van der Waals surface area contributed by atoms with E-state index in [1.807, 2.05) is 4.90 Å². The zero-order valence-electron chi connectivity index (χ0n) is 19.2. The number of nitrogens with zero attached hydrogens (tertiary/aromatic N) is 3. The summed E-state index contributed by atoms with van der Waals surface area (Å²) in [6.45, 7) is 7.04. The van der Waals surface area contributed by atoms with E-state index < -0.39 is 51.8 Å². The fourth-order valence-corrected chi connectivity index (χ4v) is 5.18. The quantitative estimate of drug-likeness (QED) is 0.649. The minimum Gasteiger partial charge on any atom is -0.494 e. The molecule has 3 heterocycles. The van der Waals surface area contributed by atoms with Crippen molar-refractivity contribution in [2.24, 2.45) is 0 Å². The summed E-state index contributed by atoms with van der Waals surface area (Å²) in [6, 6.07) is 4.43. The third-order valence-corrected chi connectivity index (χ3v) is 6.78. The maximum atomic E-state index is 13.5. The second-order valence-corrected chi connectivity index (χ2v) is 9.54. The fourth-order valence-electron chi connectivity index (χ4n) is 5.18. The highest BCUT2D eigenvalue weighted by atomic mass is 19.4. The molecule has 1 aromatic heterocycles. The molecular weight excluding hydrogens is 455 g/mol. The molecule has 0 radical (unpaired) electrons. The molecule has 2 bridgehead atoms. The lowest BCUT2D eigenvalue weighted by Crippen LogP contribution is -2.61. The van der Waals surface area contributed by atoms with E-state index in [4.69, 9.17) is 14.7 Å². The topological polar surface area (TPSA) is 108 Å². The lowest BCUT2D eigenvalue weighted by atomic mass is 9.94. The van der Waals surface area contributed by atoms with Crippen LogP contribution in [0.5, 0.6) is 11.8 Å². The number of hydrogen-bond donors (Lipinski definition) is 2. The predicted molar refractivity (Wildman–Crippen MR) is 112 cm³/mol. The normalized spacial score (nSPS) is 24.6. The molecule has 0 saturated carbocycles. The average molecular weight is 479 g/mol. The van der Waals surface area contributed by atoms with E-state index in [1.165, 1.54) is 19.2 Å². The molecule has 2 N–H and O–H groups in total. The molecule has 2 atom stereocenters. The summed E-state index contributed by atoms with van der Waals surface area (Å²) in [5.74, 6) is -1.43. The molecule has 2 aromatic rings. The summed E-state index contributed by atoms with van der Waals surface area (Å²) in [6.07, 6.45) is -4.81. The molecule has 2 aliphatic rings. The van der Waals surface area contributed by atoms with Crippen molar-refractivity contribution < 1.29 is 37.7 Å². The van der Waals surface area contributed by atoms with Crippen LogP contribution in [0.25, 0.3) is 5.69 Å².